The summed E-state index contributed by atoms with van der Waals surface area (Å²) in [5.41, 5.74) is 49.3. The van der Waals surface area contributed by atoms with Crippen LogP contribution in [0.3, 0.4) is 0 Å². The van der Waals surface area contributed by atoms with Gasteiger partial charge in [0.05, 0.1) is 17.1 Å². The van der Waals surface area contributed by atoms with Crippen molar-refractivity contribution >= 4 is 62.0 Å². The Kier molecular flexibility index (Phi) is 18.3. The number of fused-ring (bicyclic) bond motifs is 19. The topological polar surface area (TPSA) is 9.72 Å². The van der Waals surface area contributed by atoms with Gasteiger partial charge in [-0.3, -0.25) is 0 Å². The van der Waals surface area contributed by atoms with Crippen LogP contribution >= 0.6 is 0 Å². The van der Waals surface area contributed by atoms with E-state index in [4.69, 9.17) is 0 Å². The molecule has 0 amide bonds. The predicted molar refractivity (Wildman–Crippen MR) is 589 cm³/mol. The van der Waals surface area contributed by atoms with Gasteiger partial charge >= 0.3 is 0 Å². The Bertz CT molecular complexity index is 8010. The van der Waals surface area contributed by atoms with Gasteiger partial charge in [0.2, 0.25) is 0 Å². The van der Waals surface area contributed by atoms with Crippen molar-refractivity contribution in [2.75, 3.05) is 14.7 Å². The molecule has 3 spiro atoms. The quantitative estimate of drug-likeness (QED) is 0.135. The monoisotopic (exact) mass is 1830 g/mol. The zero-order valence-electron chi connectivity index (χ0n) is 82.7. The molecule has 18 aliphatic carbocycles. The molecule has 12 bridgehead atoms. The largest absolute Gasteiger partial charge is 0.310 e. The Morgan fingerprint density at radius 2 is 0.423 bits per heavy atom. The van der Waals surface area contributed by atoms with E-state index >= 15 is 0 Å². The first-order valence-electron chi connectivity index (χ1n) is 54.1. The SMILES string of the molecule is CC1(C)c2ccccc2-c2ccc(N(c3ccc4ccccc4c3)c3cccc4c3-c3ccccc3C43C4CC5CC(C4)CC3C5)cc21.CC1(C)c2ccccc2-c2ccc(N(c3cccc(-c4ccccc4)c3)c3cccc4c3-c3ccccc3C43C4CC5CC(C4)CC3C5)cc21.CC1(C)c2ccccc2-c2ccc(N(c3ccccc3)c3cccc4c3-c3ccccc3C43C4CC5CC(C4)CC3C5)cc21. The molecule has 17 aromatic rings. The van der Waals surface area contributed by atoms with E-state index in [0.29, 0.717) is 0 Å². The molecule has 12 saturated carbocycles. The highest BCUT2D eigenvalue weighted by molar-refractivity contribution is 6.02. The molecule has 0 aromatic heterocycles. The molecule has 17 aromatic carbocycles. The Balaban J connectivity index is 0.0000000998. The van der Waals surface area contributed by atoms with E-state index in [-0.39, 0.29) is 32.5 Å². The van der Waals surface area contributed by atoms with Crippen molar-refractivity contribution in [3.05, 3.63) is 449 Å². The standard InChI is InChI=1S/C49H43N.C47H41N.C43H39N/c1-48(2)42-18-8-6-16-39(42)40-23-22-38(30-45(40)48)50(37-15-10-14-34(29-37)33-12-4-3-5-13-33)46-21-11-20-44-47(46)41-17-7-9-19-43(41)49(44)35-25-31-24-32(27-35)28-36(49)26-31;1-46(2)40-14-7-5-12-37(40)38-21-20-36(28-43(38)46)48(35-19-18-31-10-3-4-11-32(31)27-35)44-17-9-16-42-45(44)39-13-6-8-15-41(39)47(42)33-23-29-22-30(25-33)26-34(47)24-29;1-42(2)36-15-8-6-13-33(36)34-20-19-32(26-39(34)42)44(31-11-4-3-5-12-31)40-18-10-17-38-41(40)35-14-7-9-16-37(35)43(38)29-22-27-21-28(24-29)25-30(43)23-27/h3-23,29-32,35-36H,24-28H2,1-2H3;3-21,27-30,33-34H,22-26H2,1-2H3;3-20,26-30H,21-25H2,1-2H3. The average molecular weight is 1840 g/mol. The second-order valence-electron chi connectivity index (χ2n) is 47.7. The lowest BCUT2D eigenvalue weighted by molar-refractivity contribution is -0.0399. The minimum absolute atomic E-state index is 0.0417. The first kappa shape index (κ1) is 84.1. The summed E-state index contributed by atoms with van der Waals surface area (Å²) in [6.07, 6.45) is 21.3. The van der Waals surface area contributed by atoms with Crippen molar-refractivity contribution in [2.24, 2.45) is 71.0 Å². The third-order valence-electron chi connectivity index (χ3n) is 40.1. The zero-order valence-corrected chi connectivity index (χ0v) is 82.7. The number of hydrogen-bond acceptors (Lipinski definition) is 3. The van der Waals surface area contributed by atoms with Crippen molar-refractivity contribution < 1.29 is 0 Å². The summed E-state index contributed by atoms with van der Waals surface area (Å²) in [7, 11) is 0. The fraction of sp³-hybridized carbons (Fsp3) is 0.281. The third kappa shape index (κ3) is 11.7. The summed E-state index contributed by atoms with van der Waals surface area (Å²) in [6.45, 7) is 14.4. The maximum Gasteiger partial charge on any atom is 0.0543 e. The smallest absolute Gasteiger partial charge is 0.0543 e. The lowest BCUT2D eigenvalue weighted by Crippen LogP contribution is -2.55. The number of para-hydroxylation sites is 1. The minimum atomic E-state index is -0.0742. The molecule has 0 radical (unpaired) electrons. The molecule has 142 heavy (non-hydrogen) atoms. The summed E-state index contributed by atoms with van der Waals surface area (Å²) in [4.78, 5) is 7.75. The van der Waals surface area contributed by atoms with Gasteiger partial charge in [0.25, 0.3) is 0 Å². The van der Waals surface area contributed by atoms with Crippen LogP contribution < -0.4 is 14.7 Å². The highest BCUT2D eigenvalue weighted by atomic mass is 15.2. The van der Waals surface area contributed by atoms with Gasteiger partial charge in [-0.25, -0.2) is 0 Å². The highest BCUT2D eigenvalue weighted by Crippen LogP contribution is 2.75. The molecular weight excluding hydrogens is 1710 g/mol. The first-order chi connectivity index (χ1) is 69.6. The molecule has 0 heterocycles. The molecule has 3 heteroatoms. The maximum absolute atomic E-state index is 2.59. The molecule has 0 saturated heterocycles. The Labute approximate surface area is 838 Å². The molecule has 0 atom stereocenters. The molecule has 12 fully saturated rings. The lowest BCUT2D eigenvalue weighted by Gasteiger charge is -2.61. The van der Waals surface area contributed by atoms with Crippen LogP contribution in [-0.4, -0.2) is 0 Å². The van der Waals surface area contributed by atoms with E-state index in [1.54, 1.807) is 33.4 Å². The second kappa shape index (κ2) is 31.0. The number of nitrogens with zero attached hydrogens (tertiary/aromatic N) is 3. The van der Waals surface area contributed by atoms with Crippen LogP contribution in [0.4, 0.5) is 51.2 Å². The van der Waals surface area contributed by atoms with Gasteiger partial charge in [-0.15, -0.1) is 0 Å². The summed E-state index contributed by atoms with van der Waals surface area (Å²) in [6, 6.07) is 146. The van der Waals surface area contributed by atoms with Crippen molar-refractivity contribution in [2.45, 2.75) is 170 Å². The maximum atomic E-state index is 2.59. The Morgan fingerprint density at radius 3 is 0.789 bits per heavy atom. The van der Waals surface area contributed by atoms with Crippen LogP contribution in [0.5, 0.6) is 0 Å². The molecule has 0 unspecified atom stereocenters. The van der Waals surface area contributed by atoms with Gasteiger partial charge in [-0.1, -0.05) is 333 Å². The lowest BCUT2D eigenvalue weighted by atomic mass is 9.43. The number of hydrogen-bond donors (Lipinski definition) is 0. The summed E-state index contributed by atoms with van der Waals surface area (Å²) < 4.78 is 0. The van der Waals surface area contributed by atoms with E-state index in [2.05, 4.69) is 438 Å². The minimum Gasteiger partial charge on any atom is -0.310 e. The van der Waals surface area contributed by atoms with Crippen molar-refractivity contribution in [1.29, 1.82) is 0 Å². The van der Waals surface area contributed by atoms with Gasteiger partial charge in [0.15, 0.2) is 0 Å². The molecule has 694 valence electrons. The molecule has 0 N–H and O–H groups in total. The summed E-state index contributed by atoms with van der Waals surface area (Å²) in [5.74, 6) is 10.1. The van der Waals surface area contributed by atoms with Crippen molar-refractivity contribution in [1.82, 2.24) is 0 Å². The number of rotatable bonds is 10. The third-order valence-corrected chi connectivity index (χ3v) is 40.1. The van der Waals surface area contributed by atoms with Crippen LogP contribution in [0.15, 0.2) is 382 Å². The van der Waals surface area contributed by atoms with Crippen LogP contribution in [0.25, 0.3) is 88.7 Å². The molecule has 18 aliphatic rings. The van der Waals surface area contributed by atoms with Gasteiger partial charge in [0.1, 0.15) is 0 Å². The summed E-state index contributed by atoms with van der Waals surface area (Å²) in [5, 5.41) is 2.56. The van der Waals surface area contributed by atoms with Crippen LogP contribution in [-0.2, 0) is 32.5 Å². The van der Waals surface area contributed by atoms with Gasteiger partial charge in [-0.2, -0.15) is 0 Å². The van der Waals surface area contributed by atoms with Crippen LogP contribution in [0.2, 0.25) is 0 Å². The van der Waals surface area contributed by atoms with Gasteiger partial charge in [0, 0.05) is 83.3 Å². The van der Waals surface area contributed by atoms with E-state index in [9.17, 15) is 0 Å². The van der Waals surface area contributed by atoms with Gasteiger partial charge < -0.3 is 14.7 Å². The van der Waals surface area contributed by atoms with Crippen LogP contribution in [0.1, 0.15) is 205 Å². The Hall–Kier alpha value is -13.6. The molecular formula is C139H123N3. The van der Waals surface area contributed by atoms with Crippen molar-refractivity contribution in [3.8, 4) is 77.9 Å². The zero-order chi connectivity index (χ0) is 94.2. The fourth-order valence-electron chi connectivity index (χ4n) is 35.2. The van der Waals surface area contributed by atoms with Gasteiger partial charge in [-0.05, 0) is 397 Å². The number of benzene rings is 17. The van der Waals surface area contributed by atoms with Crippen LogP contribution in [0, 0.1) is 71.0 Å². The van der Waals surface area contributed by atoms with E-state index in [0.717, 1.165) is 71.0 Å². The molecule has 0 aliphatic heterocycles. The van der Waals surface area contributed by atoms with Crippen molar-refractivity contribution in [3.63, 3.8) is 0 Å². The van der Waals surface area contributed by atoms with E-state index < -0.39 is 0 Å². The number of anilines is 9. The van der Waals surface area contributed by atoms with E-state index in [1.165, 1.54) is 270 Å². The fourth-order valence-corrected chi connectivity index (χ4v) is 35.2. The average Bonchev–Trinajstić information content (AvgIpc) is 1.51. The molecule has 3 nitrogen and oxygen atoms in total. The predicted octanol–water partition coefficient (Wildman–Crippen LogP) is 36.4. The first-order valence-corrected chi connectivity index (χ1v) is 54.1. The molecule has 35 rings (SSSR count). The highest BCUT2D eigenvalue weighted by Gasteiger charge is 2.66. The van der Waals surface area contributed by atoms with E-state index in [1.807, 2.05) is 0 Å². The normalized spacial score (nSPS) is 26.5. The second-order valence-corrected chi connectivity index (χ2v) is 47.7. The Morgan fingerprint density at radius 1 is 0.169 bits per heavy atom. The summed E-state index contributed by atoms with van der Waals surface area (Å²) >= 11 is 0.